The molecule has 2 amide bonds. The second-order valence-corrected chi connectivity index (χ2v) is 7.19. The number of amides is 2. The summed E-state index contributed by atoms with van der Waals surface area (Å²) in [7, 11) is 1.62. The number of rotatable bonds is 6. The zero-order chi connectivity index (χ0) is 24.7. The van der Waals surface area contributed by atoms with Crippen molar-refractivity contribution in [1.29, 1.82) is 0 Å². The van der Waals surface area contributed by atoms with Crippen LogP contribution in [0, 0.1) is 0 Å². The predicted octanol–water partition coefficient (Wildman–Crippen LogP) is 6.19. The SMILES string of the molecule is CN=CC(=CN)c1cc(Oc2ccc(NC(=O)Nc3ccc(Cl)c(C(F)(F)F)c3)cc2)ccn1. The molecule has 0 aliphatic rings. The minimum Gasteiger partial charge on any atom is -0.457 e. The highest BCUT2D eigenvalue weighted by Crippen LogP contribution is 2.36. The number of nitrogens with zero attached hydrogens (tertiary/aromatic N) is 2. The highest BCUT2D eigenvalue weighted by atomic mass is 35.5. The largest absolute Gasteiger partial charge is 0.457 e. The van der Waals surface area contributed by atoms with Gasteiger partial charge >= 0.3 is 12.2 Å². The summed E-state index contributed by atoms with van der Waals surface area (Å²) in [4.78, 5) is 20.3. The van der Waals surface area contributed by atoms with Gasteiger partial charge in [-0.1, -0.05) is 11.6 Å². The van der Waals surface area contributed by atoms with Crippen LogP contribution in [-0.2, 0) is 6.18 Å². The summed E-state index contributed by atoms with van der Waals surface area (Å²) < 4.78 is 44.7. The van der Waals surface area contributed by atoms with E-state index >= 15 is 0 Å². The van der Waals surface area contributed by atoms with Crippen molar-refractivity contribution in [3.05, 3.63) is 83.3 Å². The zero-order valence-corrected chi connectivity index (χ0v) is 18.5. The van der Waals surface area contributed by atoms with E-state index < -0.39 is 22.8 Å². The van der Waals surface area contributed by atoms with Crippen LogP contribution in [0.3, 0.4) is 0 Å². The van der Waals surface area contributed by atoms with Crippen LogP contribution < -0.4 is 21.1 Å². The highest BCUT2D eigenvalue weighted by Gasteiger charge is 2.33. The molecule has 4 N–H and O–H groups in total. The first-order chi connectivity index (χ1) is 16.2. The second kappa shape index (κ2) is 10.7. The average molecular weight is 490 g/mol. The zero-order valence-electron chi connectivity index (χ0n) is 17.7. The smallest absolute Gasteiger partial charge is 0.417 e. The molecule has 0 saturated carbocycles. The number of urea groups is 1. The third kappa shape index (κ3) is 6.48. The summed E-state index contributed by atoms with van der Waals surface area (Å²) in [6.45, 7) is 0. The molecule has 0 bridgehead atoms. The van der Waals surface area contributed by atoms with Gasteiger partial charge in [0.05, 0.1) is 16.3 Å². The maximum atomic E-state index is 13.0. The topological polar surface area (TPSA) is 102 Å². The number of anilines is 2. The van der Waals surface area contributed by atoms with E-state index in [1.54, 1.807) is 55.9 Å². The van der Waals surface area contributed by atoms with Gasteiger partial charge in [-0.15, -0.1) is 0 Å². The van der Waals surface area contributed by atoms with E-state index in [4.69, 9.17) is 22.1 Å². The molecule has 3 rings (SSSR count). The van der Waals surface area contributed by atoms with Gasteiger partial charge in [0.1, 0.15) is 11.5 Å². The number of nitrogens with two attached hydrogens (primary N) is 1. The molecule has 0 saturated heterocycles. The Morgan fingerprint density at radius 1 is 1.06 bits per heavy atom. The van der Waals surface area contributed by atoms with Crippen LogP contribution in [0.1, 0.15) is 11.3 Å². The van der Waals surface area contributed by atoms with Crippen LogP contribution >= 0.6 is 11.6 Å². The molecule has 1 heterocycles. The maximum absolute atomic E-state index is 13.0. The Balaban J connectivity index is 1.64. The minimum absolute atomic E-state index is 0.0540. The number of aromatic nitrogens is 1. The van der Waals surface area contributed by atoms with Crippen LogP contribution in [0.2, 0.25) is 5.02 Å². The van der Waals surface area contributed by atoms with Gasteiger partial charge in [0.15, 0.2) is 0 Å². The van der Waals surface area contributed by atoms with Crippen molar-refractivity contribution in [3.63, 3.8) is 0 Å². The standard InChI is InChI=1S/C23H19ClF3N5O2/c1-29-13-14(12-28)21-11-18(8-9-30-21)34-17-5-2-15(3-6-17)31-22(33)32-16-4-7-20(24)19(10-16)23(25,26)27/h2-13H,28H2,1H3,(H2,31,32,33). The van der Waals surface area contributed by atoms with Crippen molar-refractivity contribution < 1.29 is 22.7 Å². The normalized spacial score (nSPS) is 12.0. The molecule has 11 heteroatoms. The van der Waals surface area contributed by atoms with Crippen molar-refractivity contribution in [1.82, 2.24) is 4.98 Å². The molecule has 0 radical (unpaired) electrons. The fraction of sp³-hybridized carbons (Fsp3) is 0.0870. The van der Waals surface area contributed by atoms with E-state index in [-0.39, 0.29) is 5.69 Å². The van der Waals surface area contributed by atoms with Crippen molar-refractivity contribution in [3.8, 4) is 11.5 Å². The van der Waals surface area contributed by atoms with Gasteiger partial charge in [-0.3, -0.25) is 9.98 Å². The number of aliphatic imine (C=N–C) groups is 1. The Hall–Kier alpha value is -4.05. The molecule has 0 unspecified atom stereocenters. The number of hydrogen-bond acceptors (Lipinski definition) is 5. The van der Waals surface area contributed by atoms with E-state index in [0.717, 1.165) is 12.1 Å². The molecule has 0 fully saturated rings. The van der Waals surface area contributed by atoms with E-state index in [1.165, 1.54) is 12.3 Å². The maximum Gasteiger partial charge on any atom is 0.417 e. The molecule has 0 aliphatic heterocycles. The van der Waals surface area contributed by atoms with E-state index in [0.29, 0.717) is 28.5 Å². The van der Waals surface area contributed by atoms with Gasteiger partial charge in [-0.2, -0.15) is 13.2 Å². The summed E-state index contributed by atoms with van der Waals surface area (Å²) in [6.07, 6.45) is -0.106. The van der Waals surface area contributed by atoms with Gasteiger partial charge in [-0.05, 0) is 48.5 Å². The second-order valence-electron chi connectivity index (χ2n) is 6.78. The van der Waals surface area contributed by atoms with Gasteiger partial charge in [0.2, 0.25) is 0 Å². The lowest BCUT2D eigenvalue weighted by Gasteiger charge is -2.12. The molecule has 7 nitrogen and oxygen atoms in total. The molecule has 0 spiro atoms. The van der Waals surface area contributed by atoms with Crippen molar-refractivity contribution in [2.45, 2.75) is 6.18 Å². The number of pyridine rings is 1. The first-order valence-corrected chi connectivity index (χ1v) is 10.1. The lowest BCUT2D eigenvalue weighted by molar-refractivity contribution is -0.137. The minimum atomic E-state index is -4.64. The molecule has 3 aromatic rings. The first kappa shape index (κ1) is 24.6. The molecule has 176 valence electrons. The summed E-state index contributed by atoms with van der Waals surface area (Å²) >= 11 is 5.59. The van der Waals surface area contributed by atoms with Gasteiger partial charge < -0.3 is 21.1 Å². The van der Waals surface area contributed by atoms with Crippen molar-refractivity contribution in [2.24, 2.45) is 10.7 Å². The van der Waals surface area contributed by atoms with Crippen LogP contribution in [0.5, 0.6) is 11.5 Å². The predicted molar refractivity (Wildman–Crippen MR) is 126 cm³/mol. The number of ether oxygens (including phenoxy) is 1. The molecule has 1 aromatic heterocycles. The number of benzene rings is 2. The third-order valence-electron chi connectivity index (χ3n) is 4.35. The Bertz CT molecular complexity index is 1230. The Kier molecular flexibility index (Phi) is 7.75. The number of alkyl halides is 3. The Morgan fingerprint density at radius 2 is 1.74 bits per heavy atom. The van der Waals surface area contributed by atoms with Crippen LogP contribution in [-0.4, -0.2) is 24.3 Å². The first-order valence-electron chi connectivity index (χ1n) is 9.72. The van der Waals surface area contributed by atoms with Crippen molar-refractivity contribution in [2.75, 3.05) is 17.7 Å². The summed E-state index contributed by atoms with van der Waals surface area (Å²) in [5.41, 5.74) is 6.12. The Morgan fingerprint density at radius 3 is 2.38 bits per heavy atom. The third-order valence-corrected chi connectivity index (χ3v) is 4.68. The van der Waals surface area contributed by atoms with E-state index in [9.17, 15) is 18.0 Å². The fourth-order valence-electron chi connectivity index (χ4n) is 2.82. The Labute approximate surface area is 198 Å². The lowest BCUT2D eigenvalue weighted by Crippen LogP contribution is -2.19. The van der Waals surface area contributed by atoms with Crippen LogP contribution in [0.4, 0.5) is 29.3 Å². The van der Waals surface area contributed by atoms with E-state index in [1.807, 2.05) is 0 Å². The highest BCUT2D eigenvalue weighted by molar-refractivity contribution is 6.31. The number of halogens is 4. The quantitative estimate of drug-likeness (QED) is 0.359. The number of allylic oxidation sites excluding steroid dienone is 1. The molecule has 0 aliphatic carbocycles. The molecule has 2 aromatic carbocycles. The van der Waals surface area contributed by atoms with Gasteiger partial charge in [0, 0.05) is 48.7 Å². The number of hydrogen-bond donors (Lipinski definition) is 3. The van der Waals surface area contributed by atoms with E-state index in [2.05, 4.69) is 20.6 Å². The number of carbonyl (C=O) groups excluding carboxylic acids is 1. The van der Waals surface area contributed by atoms with Crippen molar-refractivity contribution >= 4 is 40.8 Å². The van der Waals surface area contributed by atoms with Gasteiger partial charge in [-0.25, -0.2) is 4.79 Å². The summed E-state index contributed by atoms with van der Waals surface area (Å²) in [6, 6.07) is 12.1. The number of carbonyl (C=O) groups is 1. The average Bonchev–Trinajstić information content (AvgIpc) is 2.79. The molecular formula is C23H19ClF3N5O2. The lowest BCUT2D eigenvalue weighted by atomic mass is 10.2. The monoisotopic (exact) mass is 489 g/mol. The van der Waals surface area contributed by atoms with Crippen LogP contribution in [0.15, 0.2) is 72.0 Å². The summed E-state index contributed by atoms with van der Waals surface area (Å²) in [5, 5.41) is 4.42. The fourth-order valence-corrected chi connectivity index (χ4v) is 3.05. The van der Waals surface area contributed by atoms with Crippen LogP contribution in [0.25, 0.3) is 5.57 Å². The molecule has 0 atom stereocenters. The van der Waals surface area contributed by atoms with Gasteiger partial charge in [0.25, 0.3) is 0 Å². The molecular weight excluding hydrogens is 471 g/mol. The molecule has 34 heavy (non-hydrogen) atoms. The number of nitrogens with one attached hydrogen (secondary N) is 2. The summed E-state index contributed by atoms with van der Waals surface area (Å²) in [5.74, 6) is 0.994.